The van der Waals surface area contributed by atoms with Gasteiger partial charge in [-0.25, -0.2) is 0 Å². The topological polar surface area (TPSA) is 75.3 Å². The standard InChI is InChI=1S/C61H97NO6/c1-3-4-5-6-7-8-9-10-11-12-15-18-21-24-27-39-48-62-57(63)47-38-26-23-20-17-14-13-16-19-22-25-28-40-49-64-61-60(67-52-56-45-36-31-37-46-56)59(66-51-55-43-34-30-35-44-55)58(53(2)68-61)65-50-54-41-32-29-33-42-54/h29-37,41-46,53,58-61H,3-28,38-40,47-52H2,1-2H3,(H,62,63)/t53-,58-,59+,60+,61+/m0/s1. The van der Waals surface area contributed by atoms with Crippen LogP contribution in [0, 0.1) is 0 Å². The number of unbranched alkanes of at least 4 members (excludes halogenated alkanes) is 27. The number of carbonyl (C=O) groups is 1. The van der Waals surface area contributed by atoms with E-state index in [-0.39, 0.29) is 18.1 Å². The smallest absolute Gasteiger partial charge is 0.219 e. The first kappa shape index (κ1) is 57.5. The van der Waals surface area contributed by atoms with E-state index < -0.39 is 18.5 Å². The molecule has 1 fully saturated rings. The number of hydrogen-bond acceptors (Lipinski definition) is 6. The molecule has 4 rings (SSSR count). The summed E-state index contributed by atoms with van der Waals surface area (Å²) in [4.78, 5) is 12.3. The second kappa shape index (κ2) is 39.6. The second-order valence-corrected chi connectivity index (χ2v) is 19.9. The highest BCUT2D eigenvalue weighted by Crippen LogP contribution is 2.31. The normalized spacial score (nSPS) is 18.2. The molecule has 1 saturated heterocycles. The maximum atomic E-state index is 12.3. The molecule has 3 aromatic rings. The number of carbonyl (C=O) groups excluding carboxylic acids is 1. The number of hydrogen-bond donors (Lipinski definition) is 1. The Bertz CT molecular complexity index is 1580. The lowest BCUT2D eigenvalue weighted by Crippen LogP contribution is -2.60. The van der Waals surface area contributed by atoms with Gasteiger partial charge in [0, 0.05) is 19.6 Å². The number of benzene rings is 3. The Labute approximate surface area is 416 Å². The molecule has 1 aliphatic rings. The van der Waals surface area contributed by atoms with Crippen molar-refractivity contribution in [2.24, 2.45) is 0 Å². The van der Waals surface area contributed by atoms with Crippen molar-refractivity contribution in [3.8, 4) is 0 Å². The van der Waals surface area contributed by atoms with Gasteiger partial charge in [-0.1, -0.05) is 265 Å². The van der Waals surface area contributed by atoms with Gasteiger partial charge in [-0.05, 0) is 42.9 Å². The van der Waals surface area contributed by atoms with E-state index in [1.54, 1.807) is 0 Å². The van der Waals surface area contributed by atoms with Crippen molar-refractivity contribution < 1.29 is 28.5 Å². The summed E-state index contributed by atoms with van der Waals surface area (Å²) in [6, 6.07) is 30.8. The summed E-state index contributed by atoms with van der Waals surface area (Å²) < 4.78 is 33.1. The van der Waals surface area contributed by atoms with E-state index in [4.69, 9.17) is 23.7 Å². The van der Waals surface area contributed by atoms with Gasteiger partial charge in [0.05, 0.1) is 25.9 Å². The van der Waals surface area contributed by atoms with Crippen molar-refractivity contribution in [2.45, 2.75) is 257 Å². The molecule has 1 heterocycles. The van der Waals surface area contributed by atoms with Crippen molar-refractivity contribution >= 4 is 5.91 Å². The molecule has 3 aromatic carbocycles. The molecule has 0 saturated carbocycles. The molecule has 0 bridgehead atoms. The lowest BCUT2D eigenvalue weighted by Gasteiger charge is -2.45. The maximum absolute atomic E-state index is 12.3. The van der Waals surface area contributed by atoms with Crippen LogP contribution in [0.4, 0.5) is 0 Å². The van der Waals surface area contributed by atoms with E-state index in [2.05, 4.69) is 55.6 Å². The lowest BCUT2D eigenvalue weighted by molar-refractivity contribution is -0.320. The highest BCUT2D eigenvalue weighted by Gasteiger charge is 2.47. The van der Waals surface area contributed by atoms with E-state index in [0.29, 0.717) is 32.8 Å². The summed E-state index contributed by atoms with van der Waals surface area (Å²) in [5.41, 5.74) is 3.31. The van der Waals surface area contributed by atoms with Crippen LogP contribution in [0.25, 0.3) is 0 Å². The fourth-order valence-corrected chi connectivity index (χ4v) is 9.52. The van der Waals surface area contributed by atoms with Crippen LogP contribution in [-0.2, 0) is 48.3 Å². The third-order valence-electron chi connectivity index (χ3n) is 13.8. The number of rotatable bonds is 43. The highest BCUT2D eigenvalue weighted by molar-refractivity contribution is 5.75. The zero-order chi connectivity index (χ0) is 47.8. The molecule has 0 spiro atoms. The third kappa shape index (κ3) is 27.4. The molecule has 7 nitrogen and oxygen atoms in total. The van der Waals surface area contributed by atoms with Gasteiger partial charge < -0.3 is 29.0 Å². The zero-order valence-electron chi connectivity index (χ0n) is 43.2. The van der Waals surface area contributed by atoms with Crippen LogP contribution < -0.4 is 5.32 Å². The van der Waals surface area contributed by atoms with Gasteiger partial charge in [-0.3, -0.25) is 4.79 Å². The Balaban J connectivity index is 0.979. The van der Waals surface area contributed by atoms with Crippen LogP contribution in [0.3, 0.4) is 0 Å². The van der Waals surface area contributed by atoms with Crippen molar-refractivity contribution in [1.29, 1.82) is 0 Å². The summed E-state index contributed by atoms with van der Waals surface area (Å²) in [7, 11) is 0. The van der Waals surface area contributed by atoms with Crippen molar-refractivity contribution in [1.82, 2.24) is 5.32 Å². The summed E-state index contributed by atoms with van der Waals surface area (Å²) in [6.07, 6.45) is 36.8. The quantitative estimate of drug-likeness (QED) is 0.0570. The number of amides is 1. The first-order valence-corrected chi connectivity index (χ1v) is 28.1. The summed E-state index contributed by atoms with van der Waals surface area (Å²) in [5, 5.41) is 3.16. The largest absolute Gasteiger partial charge is 0.368 e. The SMILES string of the molecule is CCCCCCCCCCCCCCCCCCNC(=O)CCCCCCCCCCCCCCCO[C@@H]1O[C@@H](C)[C@H](OCc2ccccc2)[C@@H](OCc2ccccc2)[C@H]1OCc1ccccc1. The molecule has 1 aliphatic heterocycles. The molecule has 1 N–H and O–H groups in total. The molecule has 1 amide bonds. The van der Waals surface area contributed by atoms with Gasteiger partial charge >= 0.3 is 0 Å². The zero-order valence-corrected chi connectivity index (χ0v) is 43.2. The molecule has 7 heteroatoms. The average Bonchev–Trinajstić information content (AvgIpc) is 3.36. The molecule has 0 aliphatic carbocycles. The van der Waals surface area contributed by atoms with Crippen LogP contribution >= 0.6 is 0 Å². The minimum atomic E-state index is -0.561. The summed E-state index contributed by atoms with van der Waals surface area (Å²) in [6.45, 7) is 7.16. The first-order valence-electron chi connectivity index (χ1n) is 28.1. The lowest BCUT2D eigenvalue weighted by atomic mass is 9.98. The summed E-state index contributed by atoms with van der Waals surface area (Å²) >= 11 is 0. The van der Waals surface area contributed by atoms with Gasteiger partial charge in [0.2, 0.25) is 5.91 Å². The minimum absolute atomic E-state index is 0.248. The predicted octanol–water partition coefficient (Wildman–Crippen LogP) is 16.3. The third-order valence-corrected chi connectivity index (χ3v) is 13.8. The first-order chi connectivity index (χ1) is 33.6. The maximum Gasteiger partial charge on any atom is 0.219 e. The minimum Gasteiger partial charge on any atom is -0.368 e. The van der Waals surface area contributed by atoms with Crippen LogP contribution in [0.2, 0.25) is 0 Å². The monoisotopic (exact) mass is 940 g/mol. The Morgan fingerprint density at radius 3 is 1.21 bits per heavy atom. The van der Waals surface area contributed by atoms with E-state index in [1.807, 2.05) is 54.6 Å². The van der Waals surface area contributed by atoms with E-state index in [9.17, 15) is 4.79 Å². The molecule has 0 aromatic heterocycles. The van der Waals surface area contributed by atoms with Gasteiger partial charge in [0.1, 0.15) is 18.3 Å². The molecule has 382 valence electrons. The molecule has 5 atom stereocenters. The predicted molar refractivity (Wildman–Crippen MR) is 283 cm³/mol. The Morgan fingerprint density at radius 2 is 0.779 bits per heavy atom. The number of nitrogens with one attached hydrogen (secondary N) is 1. The Hall–Kier alpha value is -3.07. The van der Waals surface area contributed by atoms with Crippen molar-refractivity contribution in [2.75, 3.05) is 13.2 Å². The molecular weight excluding hydrogens is 843 g/mol. The second-order valence-electron chi connectivity index (χ2n) is 19.9. The molecular formula is C61H97NO6. The molecule has 0 radical (unpaired) electrons. The van der Waals surface area contributed by atoms with Crippen molar-refractivity contribution in [3.05, 3.63) is 108 Å². The summed E-state index contributed by atoms with van der Waals surface area (Å²) in [5.74, 6) is 0.251. The van der Waals surface area contributed by atoms with Crippen LogP contribution in [0.15, 0.2) is 91.0 Å². The Kier molecular flexibility index (Phi) is 33.5. The fraction of sp³-hybridized carbons (Fsp3) is 0.689. The number of ether oxygens (including phenoxy) is 5. The fourth-order valence-electron chi connectivity index (χ4n) is 9.52. The van der Waals surface area contributed by atoms with E-state index in [1.165, 1.54) is 161 Å². The van der Waals surface area contributed by atoms with E-state index >= 15 is 0 Å². The van der Waals surface area contributed by atoms with Gasteiger partial charge in [0.15, 0.2) is 6.29 Å². The van der Waals surface area contributed by atoms with Gasteiger partial charge in [-0.15, -0.1) is 0 Å². The van der Waals surface area contributed by atoms with Crippen LogP contribution in [-0.4, -0.2) is 49.8 Å². The highest BCUT2D eigenvalue weighted by atomic mass is 16.7. The van der Waals surface area contributed by atoms with Gasteiger partial charge in [0.25, 0.3) is 0 Å². The van der Waals surface area contributed by atoms with Crippen LogP contribution in [0.1, 0.15) is 223 Å². The Morgan fingerprint density at radius 1 is 0.426 bits per heavy atom. The van der Waals surface area contributed by atoms with Crippen molar-refractivity contribution in [3.63, 3.8) is 0 Å². The van der Waals surface area contributed by atoms with E-state index in [0.717, 1.165) is 48.9 Å². The van der Waals surface area contributed by atoms with Crippen LogP contribution in [0.5, 0.6) is 0 Å². The molecule has 68 heavy (non-hydrogen) atoms. The average molecular weight is 940 g/mol. The molecule has 0 unspecified atom stereocenters. The van der Waals surface area contributed by atoms with Gasteiger partial charge in [-0.2, -0.15) is 0 Å².